The van der Waals surface area contributed by atoms with Crippen LogP contribution in [-0.4, -0.2) is 39.0 Å². The van der Waals surface area contributed by atoms with Gasteiger partial charge in [-0.2, -0.15) is 0 Å². The molecule has 1 aliphatic carbocycles. The van der Waals surface area contributed by atoms with Crippen LogP contribution in [-0.2, 0) is 16.0 Å². The van der Waals surface area contributed by atoms with Crippen molar-refractivity contribution < 1.29 is 14.7 Å². The molecule has 19 heavy (non-hydrogen) atoms. The number of nitrogens with two attached hydrogens (primary N) is 1. The van der Waals surface area contributed by atoms with Crippen LogP contribution in [0.5, 0.6) is 0 Å². The first-order valence-electron chi connectivity index (χ1n) is 6.34. The lowest BCUT2D eigenvalue weighted by Gasteiger charge is -2.19. The molecule has 2 rings (SSSR count). The predicted molar refractivity (Wildman–Crippen MR) is 67.2 cm³/mol. The molecule has 0 bridgehead atoms. The van der Waals surface area contributed by atoms with Crippen LogP contribution in [0.4, 0.5) is 0 Å². The fourth-order valence-corrected chi connectivity index (χ4v) is 2.41. The maximum Gasteiger partial charge on any atom is 0.326 e. The zero-order chi connectivity index (χ0) is 13.8. The van der Waals surface area contributed by atoms with Gasteiger partial charge >= 0.3 is 5.97 Å². The standard InChI is InChI=1S/C12H18N4O3/c13-9-3-1-2-8(9)11(17)16-10(12(18)19)4-7-5-14-6-15-7/h5-6,8-10H,1-4,13H2,(H,14,15)(H,16,17)(H,18,19). The summed E-state index contributed by atoms with van der Waals surface area (Å²) in [6.45, 7) is 0. The van der Waals surface area contributed by atoms with Gasteiger partial charge in [0, 0.05) is 24.4 Å². The van der Waals surface area contributed by atoms with Crippen molar-refractivity contribution in [3.8, 4) is 0 Å². The molecule has 1 fully saturated rings. The summed E-state index contributed by atoms with van der Waals surface area (Å²) in [7, 11) is 0. The van der Waals surface area contributed by atoms with Crippen LogP contribution in [0, 0.1) is 5.92 Å². The van der Waals surface area contributed by atoms with Gasteiger partial charge in [0.05, 0.1) is 12.2 Å². The summed E-state index contributed by atoms with van der Waals surface area (Å²) in [6, 6.07) is -1.12. The number of H-pyrrole nitrogens is 1. The van der Waals surface area contributed by atoms with Gasteiger partial charge in [-0.15, -0.1) is 0 Å². The van der Waals surface area contributed by atoms with Gasteiger partial charge in [-0.1, -0.05) is 6.42 Å². The lowest BCUT2D eigenvalue weighted by Crippen LogP contribution is -2.47. The Balaban J connectivity index is 1.96. The third-order valence-corrected chi connectivity index (χ3v) is 3.50. The Morgan fingerprint density at radius 1 is 1.58 bits per heavy atom. The molecule has 1 saturated carbocycles. The molecule has 3 atom stereocenters. The van der Waals surface area contributed by atoms with Gasteiger partial charge < -0.3 is 21.1 Å². The molecule has 0 radical (unpaired) electrons. The average Bonchev–Trinajstić information content (AvgIpc) is 2.99. The molecule has 7 nitrogen and oxygen atoms in total. The zero-order valence-corrected chi connectivity index (χ0v) is 10.5. The van der Waals surface area contributed by atoms with E-state index in [9.17, 15) is 9.59 Å². The van der Waals surface area contributed by atoms with Crippen LogP contribution in [0.1, 0.15) is 25.0 Å². The molecule has 1 aromatic heterocycles. The van der Waals surface area contributed by atoms with Crippen molar-refractivity contribution in [3.05, 3.63) is 18.2 Å². The number of aromatic nitrogens is 2. The summed E-state index contributed by atoms with van der Waals surface area (Å²) >= 11 is 0. The summed E-state index contributed by atoms with van der Waals surface area (Å²) in [5, 5.41) is 11.7. The number of carbonyl (C=O) groups is 2. The number of carboxylic acid groups (broad SMARTS) is 1. The second-order valence-corrected chi connectivity index (χ2v) is 4.88. The normalized spacial score (nSPS) is 24.1. The number of hydrogen-bond acceptors (Lipinski definition) is 4. The Hall–Kier alpha value is -1.89. The van der Waals surface area contributed by atoms with E-state index >= 15 is 0 Å². The zero-order valence-electron chi connectivity index (χ0n) is 10.5. The minimum atomic E-state index is -1.06. The van der Waals surface area contributed by atoms with E-state index in [1.54, 1.807) is 6.20 Å². The Bertz CT molecular complexity index is 446. The predicted octanol–water partition coefficient (Wildman–Crippen LogP) is -0.351. The molecular weight excluding hydrogens is 248 g/mol. The molecule has 1 amide bonds. The topological polar surface area (TPSA) is 121 Å². The molecule has 0 aromatic carbocycles. The number of nitrogens with one attached hydrogen (secondary N) is 2. The minimum absolute atomic E-state index is 0.165. The van der Waals surface area contributed by atoms with Crippen LogP contribution in [0.3, 0.4) is 0 Å². The second kappa shape index (κ2) is 5.83. The fraction of sp³-hybridized carbons (Fsp3) is 0.583. The van der Waals surface area contributed by atoms with Crippen molar-refractivity contribution >= 4 is 11.9 Å². The van der Waals surface area contributed by atoms with Crippen LogP contribution in [0.2, 0.25) is 0 Å². The number of carboxylic acids is 1. The van der Waals surface area contributed by atoms with E-state index in [1.807, 2.05) is 0 Å². The molecule has 1 aliphatic rings. The molecule has 104 valence electrons. The molecule has 0 aliphatic heterocycles. The summed E-state index contributed by atoms with van der Waals surface area (Å²) in [4.78, 5) is 29.8. The SMILES string of the molecule is NC1CCCC1C(=O)NC(Cc1cnc[nH]1)C(=O)O. The summed E-state index contributed by atoms with van der Waals surface area (Å²) in [5.41, 5.74) is 6.51. The number of amides is 1. The van der Waals surface area contributed by atoms with Gasteiger partial charge in [-0.25, -0.2) is 9.78 Å². The first-order valence-corrected chi connectivity index (χ1v) is 6.34. The van der Waals surface area contributed by atoms with Gasteiger partial charge in [0.15, 0.2) is 0 Å². The molecule has 7 heteroatoms. The number of carbonyl (C=O) groups excluding carboxylic acids is 1. The van der Waals surface area contributed by atoms with E-state index < -0.39 is 12.0 Å². The highest BCUT2D eigenvalue weighted by Gasteiger charge is 2.32. The number of rotatable bonds is 5. The Morgan fingerprint density at radius 3 is 2.89 bits per heavy atom. The molecule has 3 unspecified atom stereocenters. The largest absolute Gasteiger partial charge is 0.480 e. The molecular formula is C12H18N4O3. The molecule has 5 N–H and O–H groups in total. The van der Waals surface area contributed by atoms with Gasteiger partial charge in [0.25, 0.3) is 0 Å². The van der Waals surface area contributed by atoms with Gasteiger partial charge in [0.1, 0.15) is 6.04 Å². The highest BCUT2D eigenvalue weighted by molar-refractivity contribution is 5.85. The summed E-state index contributed by atoms with van der Waals surface area (Å²) < 4.78 is 0. The van der Waals surface area contributed by atoms with Crippen molar-refractivity contribution in [1.82, 2.24) is 15.3 Å². The third kappa shape index (κ3) is 3.31. The van der Waals surface area contributed by atoms with E-state index in [-0.39, 0.29) is 24.3 Å². The Kier molecular flexibility index (Phi) is 4.16. The van der Waals surface area contributed by atoms with E-state index in [2.05, 4.69) is 15.3 Å². The van der Waals surface area contributed by atoms with E-state index in [4.69, 9.17) is 10.8 Å². The maximum atomic E-state index is 12.0. The first kappa shape index (κ1) is 13.5. The van der Waals surface area contributed by atoms with E-state index in [0.29, 0.717) is 5.69 Å². The van der Waals surface area contributed by atoms with Crippen LogP contribution < -0.4 is 11.1 Å². The maximum absolute atomic E-state index is 12.0. The minimum Gasteiger partial charge on any atom is -0.480 e. The van der Waals surface area contributed by atoms with Crippen molar-refractivity contribution in [2.75, 3.05) is 0 Å². The lowest BCUT2D eigenvalue weighted by atomic mass is 10.0. The van der Waals surface area contributed by atoms with E-state index in [0.717, 1.165) is 19.3 Å². The number of aliphatic carboxylic acids is 1. The number of imidazole rings is 1. The highest BCUT2D eigenvalue weighted by Crippen LogP contribution is 2.24. The Labute approximate surface area is 110 Å². The highest BCUT2D eigenvalue weighted by atomic mass is 16.4. The summed E-state index contributed by atoms with van der Waals surface area (Å²) in [5.74, 6) is -1.60. The van der Waals surface area contributed by atoms with Crippen molar-refractivity contribution in [3.63, 3.8) is 0 Å². The van der Waals surface area contributed by atoms with Crippen LogP contribution >= 0.6 is 0 Å². The van der Waals surface area contributed by atoms with Crippen LogP contribution in [0.15, 0.2) is 12.5 Å². The van der Waals surface area contributed by atoms with Gasteiger partial charge in [-0.05, 0) is 12.8 Å². The lowest BCUT2D eigenvalue weighted by molar-refractivity contribution is -0.142. The number of hydrogen-bond donors (Lipinski definition) is 4. The smallest absolute Gasteiger partial charge is 0.326 e. The monoisotopic (exact) mass is 266 g/mol. The van der Waals surface area contributed by atoms with E-state index in [1.165, 1.54) is 6.33 Å². The molecule has 0 spiro atoms. The van der Waals surface area contributed by atoms with Crippen molar-refractivity contribution in [2.45, 2.75) is 37.8 Å². The van der Waals surface area contributed by atoms with Gasteiger partial charge in [0.2, 0.25) is 5.91 Å². The van der Waals surface area contributed by atoms with Crippen molar-refractivity contribution in [2.24, 2.45) is 11.7 Å². The Morgan fingerprint density at radius 2 is 2.37 bits per heavy atom. The van der Waals surface area contributed by atoms with Crippen molar-refractivity contribution in [1.29, 1.82) is 0 Å². The third-order valence-electron chi connectivity index (χ3n) is 3.50. The second-order valence-electron chi connectivity index (χ2n) is 4.88. The summed E-state index contributed by atoms with van der Waals surface area (Å²) in [6.07, 6.45) is 5.66. The quantitative estimate of drug-likeness (QED) is 0.580. The van der Waals surface area contributed by atoms with Crippen LogP contribution in [0.25, 0.3) is 0 Å². The number of nitrogens with zero attached hydrogens (tertiary/aromatic N) is 1. The molecule has 1 heterocycles. The first-order chi connectivity index (χ1) is 9.08. The molecule has 0 saturated heterocycles. The molecule has 1 aromatic rings. The number of aromatic amines is 1. The average molecular weight is 266 g/mol. The van der Waals surface area contributed by atoms with Gasteiger partial charge in [-0.3, -0.25) is 4.79 Å². The fourth-order valence-electron chi connectivity index (χ4n) is 2.41.